The Morgan fingerprint density at radius 3 is 2.50 bits per heavy atom. The van der Waals surface area contributed by atoms with Crippen LogP contribution in [0.5, 0.6) is 0 Å². The zero-order valence-electron chi connectivity index (χ0n) is 9.45. The predicted octanol–water partition coefficient (Wildman–Crippen LogP) is 1.34. The van der Waals surface area contributed by atoms with Gasteiger partial charge in [-0.3, -0.25) is 9.48 Å². The maximum absolute atomic E-state index is 12.0. The Bertz CT molecular complexity index is 481. The molecule has 0 aliphatic carbocycles. The molecule has 6 nitrogen and oxygen atoms in total. The Labute approximate surface area is 99.4 Å². The van der Waals surface area contributed by atoms with E-state index in [1.54, 1.807) is 5.32 Å². The minimum atomic E-state index is -5.02. The Hall–Kier alpha value is -2.06. The summed E-state index contributed by atoms with van der Waals surface area (Å²) < 4.78 is 37.0. The van der Waals surface area contributed by atoms with Gasteiger partial charge < -0.3 is 10.4 Å². The van der Waals surface area contributed by atoms with Crippen molar-refractivity contribution in [2.75, 3.05) is 5.32 Å². The van der Waals surface area contributed by atoms with Crippen LogP contribution >= 0.6 is 0 Å². The van der Waals surface area contributed by atoms with Crippen molar-refractivity contribution in [3.8, 4) is 0 Å². The van der Waals surface area contributed by atoms with Gasteiger partial charge in [-0.05, 0) is 13.8 Å². The number of hydrogen-bond acceptors (Lipinski definition) is 3. The Balaban J connectivity index is 2.92. The van der Waals surface area contributed by atoms with E-state index < -0.39 is 24.1 Å². The first-order chi connectivity index (χ1) is 8.12. The third-order valence-corrected chi connectivity index (χ3v) is 2.15. The molecule has 1 rings (SSSR count). The number of hydrogen-bond donors (Lipinski definition) is 2. The number of halogens is 3. The number of aromatic nitrogens is 2. The molecule has 0 saturated heterocycles. The van der Waals surface area contributed by atoms with Gasteiger partial charge in [0.05, 0.1) is 0 Å². The number of anilines is 1. The van der Waals surface area contributed by atoms with Gasteiger partial charge in [-0.15, -0.1) is 0 Å². The number of aryl methyl sites for hydroxylation is 1. The smallest absolute Gasteiger partial charge is 0.471 e. The lowest BCUT2D eigenvalue weighted by molar-refractivity contribution is -0.167. The van der Waals surface area contributed by atoms with E-state index >= 15 is 0 Å². The Morgan fingerprint density at radius 2 is 2.06 bits per heavy atom. The number of carbonyl (C=O) groups excluding carboxylic acids is 1. The second-order valence-corrected chi connectivity index (χ2v) is 3.58. The third kappa shape index (κ3) is 2.99. The molecule has 18 heavy (non-hydrogen) atoms. The van der Waals surface area contributed by atoms with Crippen molar-refractivity contribution >= 4 is 17.7 Å². The van der Waals surface area contributed by atoms with Gasteiger partial charge in [0, 0.05) is 11.8 Å². The molecule has 0 aromatic carbocycles. The summed E-state index contributed by atoms with van der Waals surface area (Å²) >= 11 is 0. The van der Waals surface area contributed by atoms with Crippen LogP contribution in [0.1, 0.15) is 18.7 Å². The minimum Gasteiger partial charge on any atom is -0.480 e. The standard InChI is InChI=1S/C9H10F3N3O3/c1-4-3-6(13-8(18)9(10,11)12)14-15(4)5(2)7(16)17/h3,5H,1-2H3,(H,16,17)(H,13,14,18). The number of nitrogens with one attached hydrogen (secondary N) is 1. The largest absolute Gasteiger partial charge is 0.480 e. The molecule has 1 amide bonds. The first-order valence-corrected chi connectivity index (χ1v) is 4.80. The van der Waals surface area contributed by atoms with Gasteiger partial charge in [0.2, 0.25) is 0 Å². The number of aliphatic carboxylic acids is 1. The van der Waals surface area contributed by atoms with E-state index in [0.29, 0.717) is 5.69 Å². The van der Waals surface area contributed by atoms with E-state index in [0.717, 1.165) is 10.7 Å². The molecule has 2 N–H and O–H groups in total. The van der Waals surface area contributed by atoms with Crippen molar-refractivity contribution < 1.29 is 27.9 Å². The average molecular weight is 265 g/mol. The SMILES string of the molecule is Cc1cc(NC(=O)C(F)(F)F)nn1C(C)C(=O)O. The average Bonchev–Trinajstić information content (AvgIpc) is 2.56. The van der Waals surface area contributed by atoms with Crippen LogP contribution in [-0.2, 0) is 9.59 Å². The minimum absolute atomic E-state index is 0.322. The molecule has 1 aromatic rings. The van der Waals surface area contributed by atoms with E-state index in [2.05, 4.69) is 5.10 Å². The molecule has 0 spiro atoms. The molecule has 1 unspecified atom stereocenters. The van der Waals surface area contributed by atoms with Gasteiger partial charge in [0.15, 0.2) is 5.82 Å². The van der Waals surface area contributed by atoms with E-state index in [1.165, 1.54) is 13.8 Å². The fourth-order valence-electron chi connectivity index (χ4n) is 1.23. The number of alkyl halides is 3. The van der Waals surface area contributed by atoms with Crippen LogP contribution in [0.2, 0.25) is 0 Å². The van der Waals surface area contributed by atoms with E-state index in [1.807, 2.05) is 0 Å². The topological polar surface area (TPSA) is 84.2 Å². The first kappa shape index (κ1) is 14.0. The highest BCUT2D eigenvalue weighted by Gasteiger charge is 2.39. The monoisotopic (exact) mass is 265 g/mol. The second-order valence-electron chi connectivity index (χ2n) is 3.58. The lowest BCUT2D eigenvalue weighted by atomic mass is 10.3. The van der Waals surface area contributed by atoms with Gasteiger partial charge >= 0.3 is 18.1 Å². The second kappa shape index (κ2) is 4.67. The highest BCUT2D eigenvalue weighted by atomic mass is 19.4. The van der Waals surface area contributed by atoms with Gasteiger partial charge in [-0.1, -0.05) is 0 Å². The predicted molar refractivity (Wildman–Crippen MR) is 54.0 cm³/mol. The molecule has 100 valence electrons. The normalized spacial score (nSPS) is 13.2. The quantitative estimate of drug-likeness (QED) is 0.863. The van der Waals surface area contributed by atoms with Crippen molar-refractivity contribution in [2.24, 2.45) is 0 Å². The van der Waals surface area contributed by atoms with Crippen LogP contribution in [-0.4, -0.2) is 32.9 Å². The lowest BCUT2D eigenvalue weighted by Gasteiger charge is -2.08. The zero-order chi connectivity index (χ0) is 14.1. The molecule has 1 heterocycles. The third-order valence-electron chi connectivity index (χ3n) is 2.15. The summed E-state index contributed by atoms with van der Waals surface area (Å²) in [7, 11) is 0. The fraction of sp³-hybridized carbons (Fsp3) is 0.444. The fourth-order valence-corrected chi connectivity index (χ4v) is 1.23. The summed E-state index contributed by atoms with van der Waals surface area (Å²) in [5, 5.41) is 13.9. The molecule has 1 aromatic heterocycles. The molecule has 0 saturated carbocycles. The Kier molecular flexibility index (Phi) is 3.63. The van der Waals surface area contributed by atoms with Crippen LogP contribution in [0.4, 0.5) is 19.0 Å². The molecule has 0 aliphatic rings. The van der Waals surface area contributed by atoms with Crippen LogP contribution in [0, 0.1) is 6.92 Å². The molecule has 0 fully saturated rings. The summed E-state index contributed by atoms with van der Waals surface area (Å²) in [6.07, 6.45) is -5.02. The lowest BCUT2D eigenvalue weighted by Crippen LogP contribution is -2.30. The molecule has 1 atom stereocenters. The molecule has 0 radical (unpaired) electrons. The number of carboxylic acid groups (broad SMARTS) is 1. The Morgan fingerprint density at radius 1 is 1.50 bits per heavy atom. The molecule has 9 heteroatoms. The number of nitrogens with zero attached hydrogens (tertiary/aromatic N) is 2. The van der Waals surface area contributed by atoms with Crippen LogP contribution in [0.15, 0.2) is 6.07 Å². The first-order valence-electron chi connectivity index (χ1n) is 4.80. The van der Waals surface area contributed by atoms with Crippen molar-refractivity contribution in [2.45, 2.75) is 26.1 Å². The maximum Gasteiger partial charge on any atom is 0.471 e. The molecular weight excluding hydrogens is 255 g/mol. The van der Waals surface area contributed by atoms with Crippen LogP contribution in [0.25, 0.3) is 0 Å². The van der Waals surface area contributed by atoms with Crippen molar-refractivity contribution in [1.82, 2.24) is 9.78 Å². The summed E-state index contributed by atoms with van der Waals surface area (Å²) in [5.41, 5.74) is 0.322. The molecular formula is C9H10F3N3O3. The number of rotatable bonds is 3. The van der Waals surface area contributed by atoms with E-state index in [9.17, 15) is 22.8 Å². The summed E-state index contributed by atoms with van der Waals surface area (Å²) in [5.74, 6) is -3.69. The number of amides is 1. The van der Waals surface area contributed by atoms with Crippen molar-refractivity contribution in [3.05, 3.63) is 11.8 Å². The van der Waals surface area contributed by atoms with Crippen molar-refractivity contribution in [1.29, 1.82) is 0 Å². The van der Waals surface area contributed by atoms with E-state index in [-0.39, 0.29) is 5.82 Å². The number of carboxylic acids is 1. The van der Waals surface area contributed by atoms with Gasteiger partial charge in [0.25, 0.3) is 0 Å². The number of carbonyl (C=O) groups is 2. The van der Waals surface area contributed by atoms with Crippen molar-refractivity contribution in [3.63, 3.8) is 0 Å². The summed E-state index contributed by atoms with van der Waals surface area (Å²) in [4.78, 5) is 21.4. The highest BCUT2D eigenvalue weighted by Crippen LogP contribution is 2.19. The van der Waals surface area contributed by atoms with E-state index in [4.69, 9.17) is 5.11 Å². The van der Waals surface area contributed by atoms with Gasteiger partial charge in [0.1, 0.15) is 6.04 Å². The molecule has 0 aliphatic heterocycles. The van der Waals surface area contributed by atoms with Crippen LogP contribution in [0.3, 0.4) is 0 Å². The van der Waals surface area contributed by atoms with Gasteiger partial charge in [-0.2, -0.15) is 18.3 Å². The summed E-state index contributed by atoms with van der Waals surface area (Å²) in [6.45, 7) is 2.79. The van der Waals surface area contributed by atoms with Crippen LogP contribution < -0.4 is 5.32 Å². The molecule has 0 bridgehead atoms. The van der Waals surface area contributed by atoms with Gasteiger partial charge in [-0.25, -0.2) is 4.79 Å². The maximum atomic E-state index is 12.0. The summed E-state index contributed by atoms with van der Waals surface area (Å²) in [6, 6.07) is 0.116. The highest BCUT2D eigenvalue weighted by molar-refractivity contribution is 5.94. The zero-order valence-corrected chi connectivity index (χ0v) is 9.45.